The van der Waals surface area contributed by atoms with Gasteiger partial charge in [0.1, 0.15) is 18.5 Å². The van der Waals surface area contributed by atoms with Crippen molar-refractivity contribution in [2.24, 2.45) is 5.92 Å². The topological polar surface area (TPSA) is 125 Å². The Balaban J connectivity index is 1.70. The summed E-state index contributed by atoms with van der Waals surface area (Å²) in [6.45, 7) is -0.0665. The van der Waals surface area contributed by atoms with Crippen molar-refractivity contribution in [3.05, 3.63) is 66.7 Å². The Kier molecular flexibility index (Phi) is 12.7. The minimum atomic E-state index is -1.23. The summed E-state index contributed by atoms with van der Waals surface area (Å²) in [5, 5.41) is 24.5. The van der Waals surface area contributed by atoms with Crippen molar-refractivity contribution in [2.75, 3.05) is 20.3 Å². The molecule has 0 aromatic heterocycles. The van der Waals surface area contributed by atoms with E-state index in [0.29, 0.717) is 49.1 Å². The minimum Gasteiger partial charge on any atom is -0.493 e. The number of amides is 2. The number of methoxy groups -OCH3 is 1. The lowest BCUT2D eigenvalue weighted by Crippen LogP contribution is -2.54. The van der Waals surface area contributed by atoms with E-state index in [1.165, 1.54) is 32.1 Å². The first-order valence-electron chi connectivity index (χ1n) is 14.7. The summed E-state index contributed by atoms with van der Waals surface area (Å²) in [4.78, 5) is 40.2. The van der Waals surface area contributed by atoms with Crippen molar-refractivity contribution >= 4 is 63.9 Å². The highest BCUT2D eigenvalue weighted by Gasteiger charge is 2.41. The molecule has 3 atom stereocenters. The molecule has 0 heterocycles. The maximum absolute atomic E-state index is 13.9. The van der Waals surface area contributed by atoms with E-state index in [0.717, 1.165) is 24.8 Å². The number of benzene rings is 2. The third-order valence-electron chi connectivity index (χ3n) is 8.15. The lowest BCUT2D eigenvalue weighted by Gasteiger charge is -2.41. The number of aldehydes is 1. The van der Waals surface area contributed by atoms with Gasteiger partial charge in [-0.25, -0.2) is 0 Å². The molecular formula is C32H37Cl2IN2O7. The van der Waals surface area contributed by atoms with Gasteiger partial charge in [0.15, 0.2) is 11.5 Å². The van der Waals surface area contributed by atoms with E-state index >= 15 is 0 Å². The van der Waals surface area contributed by atoms with Crippen LogP contribution in [0.2, 0.25) is 10.0 Å². The van der Waals surface area contributed by atoms with E-state index in [1.807, 2.05) is 22.6 Å². The number of ether oxygens (including phenoxy) is 2. The fourth-order valence-electron chi connectivity index (χ4n) is 5.83. The molecule has 4 rings (SSSR count). The Morgan fingerprint density at radius 1 is 1.16 bits per heavy atom. The molecule has 2 amide bonds. The molecule has 0 bridgehead atoms. The van der Waals surface area contributed by atoms with Gasteiger partial charge < -0.3 is 29.9 Å². The number of hydrogen-bond acceptors (Lipinski definition) is 7. The smallest absolute Gasteiger partial charge is 0.247 e. The zero-order chi connectivity index (χ0) is 31.8. The monoisotopic (exact) mass is 758 g/mol. The van der Waals surface area contributed by atoms with Gasteiger partial charge in [-0.15, -0.1) is 0 Å². The molecule has 2 aromatic rings. The molecule has 2 aliphatic carbocycles. The van der Waals surface area contributed by atoms with E-state index in [-0.39, 0.29) is 37.8 Å². The van der Waals surface area contributed by atoms with Crippen molar-refractivity contribution in [2.45, 2.75) is 69.7 Å². The predicted molar refractivity (Wildman–Crippen MR) is 176 cm³/mol. The maximum atomic E-state index is 13.9. The van der Waals surface area contributed by atoms with E-state index in [4.69, 9.17) is 32.7 Å². The first-order valence-corrected chi connectivity index (χ1v) is 16.5. The quantitative estimate of drug-likeness (QED) is 0.186. The van der Waals surface area contributed by atoms with Crippen LogP contribution in [0.4, 0.5) is 0 Å². The van der Waals surface area contributed by atoms with Crippen molar-refractivity contribution in [3.8, 4) is 11.5 Å². The van der Waals surface area contributed by atoms with E-state index in [2.05, 4.69) is 5.32 Å². The number of aliphatic hydroxyl groups is 2. The molecule has 44 heavy (non-hydrogen) atoms. The molecule has 3 N–H and O–H groups in total. The number of hydrogen-bond donors (Lipinski definition) is 3. The van der Waals surface area contributed by atoms with Crippen LogP contribution < -0.4 is 14.8 Å². The molecule has 238 valence electrons. The fraction of sp³-hybridized carbons (Fsp3) is 0.469. The average molecular weight is 759 g/mol. The number of aliphatic hydroxyl groups excluding tert-OH is 2. The number of nitrogens with zero attached hydrogens (tertiary/aromatic N) is 1. The SMILES string of the molecule is COc1cc(C=O)cc(I)c1OC1C=C(C(=O)NCCO)CC(N(Cc2ccc(Cl)c(Cl)c2)C(=O)CCC2CCCC2)C1O. The zero-order valence-corrected chi connectivity index (χ0v) is 28.1. The summed E-state index contributed by atoms with van der Waals surface area (Å²) < 4.78 is 12.4. The van der Waals surface area contributed by atoms with Crippen LogP contribution in [-0.4, -0.2) is 71.7 Å². The summed E-state index contributed by atoms with van der Waals surface area (Å²) in [6.07, 6.45) is 5.60. The van der Waals surface area contributed by atoms with E-state index in [1.54, 1.807) is 29.2 Å². The van der Waals surface area contributed by atoms with Gasteiger partial charge in [0, 0.05) is 37.1 Å². The summed E-state index contributed by atoms with van der Waals surface area (Å²) >= 11 is 14.5. The summed E-state index contributed by atoms with van der Waals surface area (Å²) in [5.74, 6) is 0.481. The number of carbonyl (C=O) groups is 3. The van der Waals surface area contributed by atoms with Crippen LogP contribution in [0.3, 0.4) is 0 Å². The molecule has 9 nitrogen and oxygen atoms in total. The van der Waals surface area contributed by atoms with Gasteiger partial charge >= 0.3 is 0 Å². The van der Waals surface area contributed by atoms with Gasteiger partial charge in [0.05, 0.1) is 33.4 Å². The van der Waals surface area contributed by atoms with Crippen LogP contribution in [0.25, 0.3) is 0 Å². The summed E-state index contributed by atoms with van der Waals surface area (Å²) in [5.41, 5.74) is 1.42. The maximum Gasteiger partial charge on any atom is 0.247 e. The van der Waals surface area contributed by atoms with Crippen molar-refractivity contribution in [1.29, 1.82) is 0 Å². The molecular weight excluding hydrogens is 722 g/mol. The Morgan fingerprint density at radius 3 is 2.57 bits per heavy atom. The van der Waals surface area contributed by atoms with Crippen molar-refractivity contribution < 1.29 is 34.1 Å². The van der Waals surface area contributed by atoms with E-state index < -0.39 is 24.2 Å². The lowest BCUT2D eigenvalue weighted by atomic mass is 9.87. The molecule has 1 fully saturated rings. The second-order valence-electron chi connectivity index (χ2n) is 11.1. The summed E-state index contributed by atoms with van der Waals surface area (Å²) in [7, 11) is 1.44. The second kappa shape index (κ2) is 16.3. The fourth-order valence-corrected chi connectivity index (χ4v) is 6.91. The van der Waals surface area contributed by atoms with Crippen LogP contribution >= 0.6 is 45.8 Å². The van der Waals surface area contributed by atoms with Crippen LogP contribution in [0.5, 0.6) is 11.5 Å². The lowest BCUT2D eigenvalue weighted by molar-refractivity contribution is -0.139. The zero-order valence-electron chi connectivity index (χ0n) is 24.4. The van der Waals surface area contributed by atoms with Crippen LogP contribution in [0.1, 0.15) is 60.9 Å². The molecule has 0 saturated heterocycles. The van der Waals surface area contributed by atoms with Gasteiger partial charge in [0.25, 0.3) is 0 Å². The Bertz CT molecular complexity index is 1380. The van der Waals surface area contributed by atoms with Gasteiger partial charge in [-0.1, -0.05) is 55.0 Å². The molecule has 1 saturated carbocycles. The van der Waals surface area contributed by atoms with Crippen LogP contribution in [0.15, 0.2) is 42.0 Å². The first kappa shape index (κ1) is 34.5. The van der Waals surface area contributed by atoms with Crippen molar-refractivity contribution in [1.82, 2.24) is 10.2 Å². The number of rotatable bonds is 13. The van der Waals surface area contributed by atoms with Gasteiger partial charge in [-0.2, -0.15) is 0 Å². The highest BCUT2D eigenvalue weighted by atomic mass is 127. The Hall–Kier alpha value is -2.38. The molecule has 0 radical (unpaired) electrons. The minimum absolute atomic E-state index is 0.0428. The summed E-state index contributed by atoms with van der Waals surface area (Å²) in [6, 6.07) is 7.45. The molecule has 0 aliphatic heterocycles. The van der Waals surface area contributed by atoms with Crippen LogP contribution in [-0.2, 0) is 16.1 Å². The molecule has 3 unspecified atom stereocenters. The van der Waals surface area contributed by atoms with Crippen molar-refractivity contribution in [3.63, 3.8) is 0 Å². The first-order chi connectivity index (χ1) is 21.1. The van der Waals surface area contributed by atoms with Gasteiger partial charge in [0.2, 0.25) is 11.8 Å². The Morgan fingerprint density at radius 2 is 1.91 bits per heavy atom. The number of halogens is 3. The van der Waals surface area contributed by atoms with Gasteiger partial charge in [-0.05, 0) is 70.8 Å². The molecule has 0 spiro atoms. The Labute approximate surface area is 281 Å². The number of carbonyl (C=O) groups excluding carboxylic acids is 3. The van der Waals surface area contributed by atoms with Crippen LogP contribution in [0, 0.1) is 9.49 Å². The largest absolute Gasteiger partial charge is 0.493 e. The highest BCUT2D eigenvalue weighted by Crippen LogP contribution is 2.37. The molecule has 12 heteroatoms. The van der Waals surface area contributed by atoms with Gasteiger partial charge in [-0.3, -0.25) is 14.4 Å². The second-order valence-corrected chi connectivity index (χ2v) is 13.1. The third-order valence-corrected chi connectivity index (χ3v) is 9.70. The normalized spacial score (nSPS) is 20.1. The average Bonchev–Trinajstić information content (AvgIpc) is 3.54. The van der Waals surface area contributed by atoms with E-state index in [9.17, 15) is 24.6 Å². The third kappa shape index (κ3) is 8.66. The predicted octanol–water partition coefficient (Wildman–Crippen LogP) is 5.33. The number of nitrogens with one attached hydrogen (secondary N) is 1. The standard InChI is InChI=1S/C32H37Cl2IN2O7/c1-43-28-14-21(18-39)13-25(35)31(28)44-27-16-22(32(42)36-10-11-38)15-26(30(27)41)37(17-20-6-8-23(33)24(34)12-20)29(40)9-7-19-4-2-3-5-19/h6,8,12-14,16,18-19,26-27,30,38,41H,2-5,7,9-11,15,17H2,1H3,(H,36,42). The molecule has 2 aliphatic rings. The molecule has 2 aromatic carbocycles. The highest BCUT2D eigenvalue weighted by molar-refractivity contribution is 14.1.